The highest BCUT2D eigenvalue weighted by molar-refractivity contribution is 5.95. The fraction of sp³-hybridized carbons (Fsp3) is 0.368. The minimum atomic E-state index is -0.115. The van der Waals surface area contributed by atoms with Crippen molar-refractivity contribution < 1.29 is 9.53 Å². The first-order valence-electron chi connectivity index (χ1n) is 9.06. The van der Waals surface area contributed by atoms with Crippen molar-refractivity contribution in [2.45, 2.75) is 25.8 Å². The van der Waals surface area contributed by atoms with E-state index in [-0.39, 0.29) is 12.5 Å². The van der Waals surface area contributed by atoms with Crippen LogP contribution in [0.2, 0.25) is 0 Å². The van der Waals surface area contributed by atoms with Crippen LogP contribution < -0.4 is 15.0 Å². The number of aromatic nitrogens is 4. The van der Waals surface area contributed by atoms with Gasteiger partial charge >= 0.3 is 0 Å². The molecule has 0 atom stereocenters. The summed E-state index contributed by atoms with van der Waals surface area (Å²) >= 11 is 0. The monoisotopic (exact) mass is 366 g/mol. The van der Waals surface area contributed by atoms with Crippen LogP contribution in [0.4, 0.5) is 11.5 Å². The van der Waals surface area contributed by atoms with E-state index in [1.165, 1.54) is 0 Å². The Bertz CT molecular complexity index is 948. The average Bonchev–Trinajstić information content (AvgIpc) is 3.45. The normalized spacial score (nSPS) is 13.6. The van der Waals surface area contributed by atoms with Gasteiger partial charge in [-0.1, -0.05) is 0 Å². The molecule has 1 amide bonds. The number of nitrogens with one attached hydrogen (secondary N) is 1. The van der Waals surface area contributed by atoms with E-state index in [0.29, 0.717) is 18.4 Å². The predicted octanol–water partition coefficient (Wildman–Crippen LogP) is 2.63. The number of benzene rings is 1. The number of fused-ring (bicyclic) bond motifs is 1. The number of ether oxygens (including phenoxy) is 1. The fourth-order valence-electron chi connectivity index (χ4n) is 3.08. The molecule has 4 rings (SSSR count). The van der Waals surface area contributed by atoms with Crippen LogP contribution in [0.25, 0.3) is 11.2 Å². The largest absolute Gasteiger partial charge is 0.497 e. The highest BCUT2D eigenvalue weighted by atomic mass is 16.5. The molecule has 2 heterocycles. The number of likely N-dealkylation sites (N-methyl/N-ethyl adjacent to an activating group) is 1. The Kier molecular flexibility index (Phi) is 4.62. The molecule has 0 bridgehead atoms. The molecule has 3 aromatic rings. The molecule has 27 heavy (non-hydrogen) atoms. The number of carbonyl (C=O) groups is 1. The number of anilines is 2. The van der Waals surface area contributed by atoms with E-state index >= 15 is 0 Å². The summed E-state index contributed by atoms with van der Waals surface area (Å²) in [6.07, 6.45) is 5.69. The van der Waals surface area contributed by atoms with Gasteiger partial charge in [-0.05, 0) is 44.0 Å². The molecule has 8 nitrogen and oxygen atoms in total. The lowest BCUT2D eigenvalue weighted by Crippen LogP contribution is -2.34. The van der Waals surface area contributed by atoms with Crippen molar-refractivity contribution in [2.24, 2.45) is 0 Å². The molecular weight excluding hydrogens is 344 g/mol. The number of imidazole rings is 1. The Hall–Kier alpha value is -3.16. The second kappa shape index (κ2) is 7.22. The lowest BCUT2D eigenvalue weighted by molar-refractivity contribution is -0.115. The Balaban J connectivity index is 1.51. The Labute approximate surface area is 157 Å². The summed E-state index contributed by atoms with van der Waals surface area (Å²) in [6, 6.07) is 7.74. The molecule has 0 spiro atoms. The molecule has 8 heteroatoms. The molecule has 1 aliphatic carbocycles. The van der Waals surface area contributed by atoms with Gasteiger partial charge in [-0.2, -0.15) is 0 Å². The maximum atomic E-state index is 12.5. The molecule has 1 aromatic carbocycles. The van der Waals surface area contributed by atoms with Crippen molar-refractivity contribution in [1.82, 2.24) is 19.5 Å². The quantitative estimate of drug-likeness (QED) is 0.692. The van der Waals surface area contributed by atoms with Crippen molar-refractivity contribution in [1.29, 1.82) is 0 Å². The highest BCUT2D eigenvalue weighted by Crippen LogP contribution is 2.37. The van der Waals surface area contributed by atoms with Crippen LogP contribution in [0.3, 0.4) is 0 Å². The van der Waals surface area contributed by atoms with Gasteiger partial charge in [0.05, 0.1) is 20.0 Å². The third-order valence-electron chi connectivity index (χ3n) is 4.67. The standard InChI is InChI=1S/C19H22N6O2/c1-3-24(10-16(26)23-13-4-8-15(27-2)9-5-13)18-17-19(21-11-20-18)25(12-22-17)14-6-7-14/h4-5,8-9,11-12,14H,3,6-7,10H2,1-2H3,(H,23,26). The third kappa shape index (κ3) is 3.55. The zero-order chi connectivity index (χ0) is 18.8. The molecule has 1 fully saturated rings. The SMILES string of the molecule is CCN(CC(=O)Nc1ccc(OC)cc1)c1ncnc2c1ncn2C1CC1. The smallest absolute Gasteiger partial charge is 0.243 e. The first kappa shape index (κ1) is 17.3. The molecule has 1 aliphatic rings. The van der Waals surface area contributed by atoms with E-state index in [2.05, 4.69) is 24.8 Å². The van der Waals surface area contributed by atoms with Crippen molar-refractivity contribution in [2.75, 3.05) is 30.4 Å². The third-order valence-corrected chi connectivity index (χ3v) is 4.67. The van der Waals surface area contributed by atoms with Crippen molar-refractivity contribution in [3.8, 4) is 5.75 Å². The molecule has 0 saturated heterocycles. The molecule has 0 radical (unpaired) electrons. The van der Waals surface area contributed by atoms with Crippen LogP contribution in [0.5, 0.6) is 5.75 Å². The molecule has 1 N–H and O–H groups in total. The van der Waals surface area contributed by atoms with Gasteiger partial charge in [0, 0.05) is 18.3 Å². The zero-order valence-corrected chi connectivity index (χ0v) is 15.4. The summed E-state index contributed by atoms with van der Waals surface area (Å²) in [4.78, 5) is 27.7. The maximum Gasteiger partial charge on any atom is 0.243 e. The summed E-state index contributed by atoms with van der Waals surface area (Å²) in [5.41, 5.74) is 2.29. The number of rotatable bonds is 7. The lowest BCUT2D eigenvalue weighted by atomic mass is 10.3. The molecule has 0 aliphatic heterocycles. The number of amides is 1. The van der Waals surface area contributed by atoms with Crippen LogP contribution in [-0.2, 0) is 4.79 Å². The lowest BCUT2D eigenvalue weighted by Gasteiger charge is -2.21. The zero-order valence-electron chi connectivity index (χ0n) is 15.4. The van der Waals surface area contributed by atoms with E-state index in [0.717, 1.165) is 35.4 Å². The van der Waals surface area contributed by atoms with Gasteiger partial charge in [-0.25, -0.2) is 15.0 Å². The van der Waals surface area contributed by atoms with Crippen LogP contribution in [-0.4, -0.2) is 45.6 Å². The minimum Gasteiger partial charge on any atom is -0.497 e. The van der Waals surface area contributed by atoms with E-state index in [9.17, 15) is 4.79 Å². The Morgan fingerprint density at radius 2 is 2.04 bits per heavy atom. The predicted molar refractivity (Wildman–Crippen MR) is 103 cm³/mol. The molecule has 2 aromatic heterocycles. The van der Waals surface area contributed by atoms with Crippen LogP contribution in [0, 0.1) is 0 Å². The maximum absolute atomic E-state index is 12.5. The molecule has 1 saturated carbocycles. The fourth-order valence-corrected chi connectivity index (χ4v) is 3.08. The number of nitrogens with zero attached hydrogens (tertiary/aromatic N) is 5. The summed E-state index contributed by atoms with van der Waals surface area (Å²) < 4.78 is 7.24. The Morgan fingerprint density at radius 3 is 2.70 bits per heavy atom. The second-order valence-electron chi connectivity index (χ2n) is 6.54. The second-order valence-corrected chi connectivity index (χ2v) is 6.54. The topological polar surface area (TPSA) is 85.2 Å². The summed E-state index contributed by atoms with van der Waals surface area (Å²) in [7, 11) is 1.61. The minimum absolute atomic E-state index is 0.115. The highest BCUT2D eigenvalue weighted by Gasteiger charge is 2.27. The van der Waals surface area contributed by atoms with Gasteiger partial charge in [0.2, 0.25) is 5.91 Å². The van der Waals surface area contributed by atoms with Crippen LogP contribution >= 0.6 is 0 Å². The van der Waals surface area contributed by atoms with E-state index in [1.807, 2.05) is 42.4 Å². The van der Waals surface area contributed by atoms with Crippen molar-refractivity contribution in [3.05, 3.63) is 36.9 Å². The van der Waals surface area contributed by atoms with E-state index in [1.54, 1.807) is 13.4 Å². The van der Waals surface area contributed by atoms with Gasteiger partial charge < -0.3 is 19.5 Å². The number of hydrogen-bond donors (Lipinski definition) is 1. The summed E-state index contributed by atoms with van der Waals surface area (Å²) in [6.45, 7) is 2.82. The van der Waals surface area contributed by atoms with Crippen molar-refractivity contribution >= 4 is 28.6 Å². The first-order chi connectivity index (χ1) is 13.2. The van der Waals surface area contributed by atoms with Gasteiger partial charge in [0.15, 0.2) is 17.0 Å². The van der Waals surface area contributed by atoms with Crippen molar-refractivity contribution in [3.63, 3.8) is 0 Å². The van der Waals surface area contributed by atoms with Gasteiger partial charge in [-0.15, -0.1) is 0 Å². The van der Waals surface area contributed by atoms with Crippen LogP contribution in [0.15, 0.2) is 36.9 Å². The average molecular weight is 366 g/mol. The molecular formula is C19H22N6O2. The van der Waals surface area contributed by atoms with Gasteiger partial charge in [0.1, 0.15) is 12.1 Å². The Morgan fingerprint density at radius 1 is 1.26 bits per heavy atom. The van der Waals surface area contributed by atoms with E-state index < -0.39 is 0 Å². The molecule has 0 unspecified atom stereocenters. The van der Waals surface area contributed by atoms with Gasteiger partial charge in [-0.3, -0.25) is 4.79 Å². The van der Waals surface area contributed by atoms with E-state index in [4.69, 9.17) is 4.74 Å². The number of hydrogen-bond acceptors (Lipinski definition) is 6. The first-order valence-corrected chi connectivity index (χ1v) is 9.06. The summed E-state index contributed by atoms with van der Waals surface area (Å²) in [5, 5.41) is 2.90. The molecule has 140 valence electrons. The summed E-state index contributed by atoms with van der Waals surface area (Å²) in [5.74, 6) is 1.32. The number of carbonyl (C=O) groups excluding carboxylic acids is 1. The van der Waals surface area contributed by atoms with Gasteiger partial charge in [0.25, 0.3) is 0 Å². The van der Waals surface area contributed by atoms with Crippen LogP contribution in [0.1, 0.15) is 25.8 Å². The number of methoxy groups -OCH3 is 1.